The molecule has 0 spiro atoms. The van der Waals surface area contributed by atoms with Crippen LogP contribution in [0.5, 0.6) is 0 Å². The summed E-state index contributed by atoms with van der Waals surface area (Å²) in [5.74, 6) is 0. The van der Waals surface area contributed by atoms with Crippen molar-refractivity contribution in [1.82, 2.24) is 4.90 Å². The van der Waals surface area contributed by atoms with E-state index in [1.54, 1.807) is 0 Å². The lowest BCUT2D eigenvalue weighted by Gasteiger charge is -2.17. The molecular weight excluding hydrogens is 196 g/mol. The zero-order valence-corrected chi connectivity index (χ0v) is 9.68. The average molecular weight is 215 g/mol. The van der Waals surface area contributed by atoms with E-state index in [9.17, 15) is 0 Å². The Balaban J connectivity index is 0.00000169. The number of hydrogen-bond acceptors (Lipinski definition) is 2. The molecule has 0 aliphatic rings. The van der Waals surface area contributed by atoms with Gasteiger partial charge in [-0.25, -0.2) is 0 Å². The highest BCUT2D eigenvalue weighted by molar-refractivity contribution is 5.85. The summed E-state index contributed by atoms with van der Waals surface area (Å²) >= 11 is 0. The van der Waals surface area contributed by atoms with Gasteiger partial charge in [-0.3, -0.25) is 4.90 Å². The summed E-state index contributed by atoms with van der Waals surface area (Å²) in [7, 11) is 0. The SMILES string of the molecule is CCN(CC)Cc1ccc(N)cc1.Cl. The van der Waals surface area contributed by atoms with Gasteiger partial charge in [0.1, 0.15) is 0 Å². The summed E-state index contributed by atoms with van der Waals surface area (Å²) < 4.78 is 0. The van der Waals surface area contributed by atoms with E-state index in [2.05, 4.69) is 30.9 Å². The van der Waals surface area contributed by atoms with Gasteiger partial charge in [0.05, 0.1) is 0 Å². The third-order valence-electron chi connectivity index (χ3n) is 2.28. The van der Waals surface area contributed by atoms with Gasteiger partial charge in [0.25, 0.3) is 0 Å². The summed E-state index contributed by atoms with van der Waals surface area (Å²) in [6, 6.07) is 8.10. The van der Waals surface area contributed by atoms with Crippen molar-refractivity contribution >= 4 is 18.1 Å². The van der Waals surface area contributed by atoms with E-state index >= 15 is 0 Å². The molecule has 14 heavy (non-hydrogen) atoms. The van der Waals surface area contributed by atoms with E-state index < -0.39 is 0 Å². The molecule has 0 aliphatic heterocycles. The fraction of sp³-hybridized carbons (Fsp3) is 0.455. The Hall–Kier alpha value is -0.730. The van der Waals surface area contributed by atoms with Crippen molar-refractivity contribution < 1.29 is 0 Å². The van der Waals surface area contributed by atoms with Gasteiger partial charge in [0, 0.05) is 12.2 Å². The number of halogens is 1. The molecule has 2 nitrogen and oxygen atoms in total. The summed E-state index contributed by atoms with van der Waals surface area (Å²) in [5, 5.41) is 0. The van der Waals surface area contributed by atoms with Crippen LogP contribution < -0.4 is 5.73 Å². The number of anilines is 1. The molecule has 0 heterocycles. The number of rotatable bonds is 4. The van der Waals surface area contributed by atoms with E-state index in [0.29, 0.717) is 0 Å². The standard InChI is InChI=1S/C11H18N2.ClH/c1-3-13(4-2)9-10-5-7-11(12)8-6-10;/h5-8H,3-4,9,12H2,1-2H3;1H. The largest absolute Gasteiger partial charge is 0.399 e. The zero-order chi connectivity index (χ0) is 9.68. The van der Waals surface area contributed by atoms with Crippen LogP contribution in [-0.2, 0) is 6.54 Å². The first-order valence-electron chi connectivity index (χ1n) is 4.83. The van der Waals surface area contributed by atoms with E-state index in [1.807, 2.05) is 12.1 Å². The maximum absolute atomic E-state index is 5.61. The molecule has 3 heteroatoms. The van der Waals surface area contributed by atoms with Crippen molar-refractivity contribution in [2.45, 2.75) is 20.4 Å². The van der Waals surface area contributed by atoms with Gasteiger partial charge in [-0.2, -0.15) is 0 Å². The van der Waals surface area contributed by atoms with Gasteiger partial charge >= 0.3 is 0 Å². The molecule has 1 aromatic carbocycles. The fourth-order valence-corrected chi connectivity index (χ4v) is 1.33. The van der Waals surface area contributed by atoms with Crippen LogP contribution in [0.3, 0.4) is 0 Å². The molecular formula is C11H19ClN2. The predicted molar refractivity (Wildman–Crippen MR) is 64.7 cm³/mol. The van der Waals surface area contributed by atoms with Gasteiger partial charge in [0.2, 0.25) is 0 Å². The van der Waals surface area contributed by atoms with E-state index in [4.69, 9.17) is 5.73 Å². The maximum atomic E-state index is 5.61. The topological polar surface area (TPSA) is 29.3 Å². The minimum absolute atomic E-state index is 0. The first-order chi connectivity index (χ1) is 6.26. The molecule has 0 aromatic heterocycles. The summed E-state index contributed by atoms with van der Waals surface area (Å²) in [6.07, 6.45) is 0. The van der Waals surface area contributed by atoms with Crippen molar-refractivity contribution in [3.8, 4) is 0 Å². The van der Waals surface area contributed by atoms with Crippen LogP contribution in [0.25, 0.3) is 0 Å². The van der Waals surface area contributed by atoms with Gasteiger partial charge in [-0.1, -0.05) is 26.0 Å². The van der Waals surface area contributed by atoms with Crippen molar-refractivity contribution in [2.75, 3.05) is 18.8 Å². The Kier molecular flexibility index (Phi) is 6.34. The maximum Gasteiger partial charge on any atom is 0.0314 e. The van der Waals surface area contributed by atoms with Crippen molar-refractivity contribution in [3.63, 3.8) is 0 Å². The molecule has 80 valence electrons. The lowest BCUT2D eigenvalue weighted by Crippen LogP contribution is -2.21. The second-order valence-corrected chi connectivity index (χ2v) is 3.20. The molecule has 0 aliphatic carbocycles. The van der Waals surface area contributed by atoms with E-state index in [1.165, 1.54) is 5.56 Å². The number of benzene rings is 1. The second-order valence-electron chi connectivity index (χ2n) is 3.20. The molecule has 0 radical (unpaired) electrons. The number of hydrogen-bond donors (Lipinski definition) is 1. The Morgan fingerprint density at radius 1 is 1.07 bits per heavy atom. The third kappa shape index (κ3) is 3.99. The summed E-state index contributed by atoms with van der Waals surface area (Å²) in [5.41, 5.74) is 7.78. The zero-order valence-electron chi connectivity index (χ0n) is 8.86. The summed E-state index contributed by atoms with van der Waals surface area (Å²) in [6.45, 7) is 7.58. The molecule has 0 saturated heterocycles. The van der Waals surface area contributed by atoms with Crippen molar-refractivity contribution in [3.05, 3.63) is 29.8 Å². The van der Waals surface area contributed by atoms with E-state index in [0.717, 1.165) is 25.3 Å². The monoisotopic (exact) mass is 214 g/mol. The molecule has 2 N–H and O–H groups in total. The minimum atomic E-state index is 0. The molecule has 0 saturated carbocycles. The number of nitrogens with zero attached hydrogens (tertiary/aromatic N) is 1. The lowest BCUT2D eigenvalue weighted by atomic mass is 10.2. The first kappa shape index (κ1) is 13.3. The highest BCUT2D eigenvalue weighted by Crippen LogP contribution is 2.07. The van der Waals surface area contributed by atoms with Gasteiger partial charge in [-0.15, -0.1) is 12.4 Å². The Morgan fingerprint density at radius 2 is 1.57 bits per heavy atom. The van der Waals surface area contributed by atoms with Crippen LogP contribution >= 0.6 is 12.4 Å². The molecule has 0 unspecified atom stereocenters. The Bertz CT molecular complexity index is 242. The van der Waals surface area contributed by atoms with Crippen LogP contribution in [0.2, 0.25) is 0 Å². The first-order valence-corrected chi connectivity index (χ1v) is 4.83. The number of nitrogens with two attached hydrogens (primary N) is 1. The van der Waals surface area contributed by atoms with Crippen LogP contribution in [0.4, 0.5) is 5.69 Å². The predicted octanol–water partition coefficient (Wildman–Crippen LogP) is 2.53. The van der Waals surface area contributed by atoms with Crippen LogP contribution in [-0.4, -0.2) is 18.0 Å². The molecule has 0 atom stereocenters. The minimum Gasteiger partial charge on any atom is -0.399 e. The van der Waals surface area contributed by atoms with Crippen LogP contribution in [0.15, 0.2) is 24.3 Å². The van der Waals surface area contributed by atoms with Crippen LogP contribution in [0.1, 0.15) is 19.4 Å². The van der Waals surface area contributed by atoms with Crippen molar-refractivity contribution in [2.24, 2.45) is 0 Å². The fourth-order valence-electron chi connectivity index (χ4n) is 1.33. The third-order valence-corrected chi connectivity index (χ3v) is 2.28. The Morgan fingerprint density at radius 3 is 2.00 bits per heavy atom. The molecule has 1 aromatic rings. The molecule has 0 fully saturated rings. The van der Waals surface area contributed by atoms with Crippen molar-refractivity contribution in [1.29, 1.82) is 0 Å². The van der Waals surface area contributed by atoms with Crippen LogP contribution in [0, 0.1) is 0 Å². The second kappa shape index (κ2) is 6.68. The normalized spacial score (nSPS) is 9.93. The smallest absolute Gasteiger partial charge is 0.0314 e. The average Bonchev–Trinajstić information content (AvgIpc) is 2.17. The lowest BCUT2D eigenvalue weighted by molar-refractivity contribution is 0.296. The molecule has 1 rings (SSSR count). The quantitative estimate of drug-likeness (QED) is 0.781. The molecule has 0 amide bonds. The highest BCUT2D eigenvalue weighted by atomic mass is 35.5. The van der Waals surface area contributed by atoms with Gasteiger partial charge in [0.15, 0.2) is 0 Å². The number of nitrogen functional groups attached to an aromatic ring is 1. The van der Waals surface area contributed by atoms with E-state index in [-0.39, 0.29) is 12.4 Å². The molecule has 0 bridgehead atoms. The van der Waals surface area contributed by atoms with Gasteiger partial charge in [-0.05, 0) is 30.8 Å². The highest BCUT2D eigenvalue weighted by Gasteiger charge is 1.99. The Labute approximate surface area is 92.5 Å². The van der Waals surface area contributed by atoms with Gasteiger partial charge < -0.3 is 5.73 Å². The summed E-state index contributed by atoms with van der Waals surface area (Å²) in [4.78, 5) is 2.38.